The Balaban J connectivity index is 2.33. The van der Waals surface area contributed by atoms with Crippen molar-refractivity contribution in [3.8, 4) is 0 Å². The molecule has 0 aliphatic heterocycles. The molecular weight excluding hydrogens is 276 g/mol. The zero-order valence-corrected chi connectivity index (χ0v) is 12.6. The first kappa shape index (κ1) is 14.5. The molecule has 0 spiro atoms. The van der Waals surface area contributed by atoms with Gasteiger partial charge in [0, 0.05) is 4.88 Å². The van der Waals surface area contributed by atoms with Crippen molar-refractivity contribution in [1.82, 2.24) is 9.97 Å². The number of fused-ring (bicyclic) bond motifs is 1. The van der Waals surface area contributed by atoms with Crippen molar-refractivity contribution in [3.05, 3.63) is 10.9 Å². The minimum atomic E-state index is -0.488. The fourth-order valence-corrected chi connectivity index (χ4v) is 2.78. The number of esters is 1. The van der Waals surface area contributed by atoms with Gasteiger partial charge in [-0.1, -0.05) is 6.92 Å². The zero-order chi connectivity index (χ0) is 14.7. The van der Waals surface area contributed by atoms with Gasteiger partial charge in [0.2, 0.25) is 5.95 Å². The second kappa shape index (κ2) is 6.04. The van der Waals surface area contributed by atoms with E-state index in [0.717, 1.165) is 16.6 Å². The lowest BCUT2D eigenvalue weighted by Crippen LogP contribution is -2.28. The number of rotatable bonds is 5. The lowest BCUT2D eigenvalue weighted by atomic mass is 10.3. The summed E-state index contributed by atoms with van der Waals surface area (Å²) in [5.74, 6) is 0.452. The highest BCUT2D eigenvalue weighted by Gasteiger charge is 2.17. The van der Waals surface area contributed by atoms with E-state index in [4.69, 9.17) is 10.5 Å². The molecule has 7 heteroatoms. The van der Waals surface area contributed by atoms with Gasteiger partial charge in [-0.15, -0.1) is 11.3 Å². The molecule has 0 fully saturated rings. The maximum atomic E-state index is 11.7. The smallest absolute Gasteiger partial charge is 0.328 e. The van der Waals surface area contributed by atoms with Crippen LogP contribution in [0.3, 0.4) is 0 Å². The van der Waals surface area contributed by atoms with Gasteiger partial charge in [0.15, 0.2) is 0 Å². The van der Waals surface area contributed by atoms with Gasteiger partial charge in [0.25, 0.3) is 0 Å². The topological polar surface area (TPSA) is 90.1 Å². The summed E-state index contributed by atoms with van der Waals surface area (Å²) in [5, 5.41) is 3.94. The predicted molar refractivity (Wildman–Crippen MR) is 80.9 cm³/mol. The van der Waals surface area contributed by atoms with E-state index in [0.29, 0.717) is 12.4 Å². The van der Waals surface area contributed by atoms with Crippen LogP contribution in [0.4, 0.5) is 11.8 Å². The molecule has 0 saturated heterocycles. The highest BCUT2D eigenvalue weighted by atomic mass is 32.1. The van der Waals surface area contributed by atoms with Gasteiger partial charge < -0.3 is 15.8 Å². The molecule has 1 atom stereocenters. The third-order valence-electron chi connectivity index (χ3n) is 2.80. The van der Waals surface area contributed by atoms with Gasteiger partial charge in [0.1, 0.15) is 16.7 Å². The zero-order valence-electron chi connectivity index (χ0n) is 11.8. The summed E-state index contributed by atoms with van der Waals surface area (Å²) < 4.78 is 4.97. The van der Waals surface area contributed by atoms with Crippen molar-refractivity contribution in [3.63, 3.8) is 0 Å². The van der Waals surface area contributed by atoms with Crippen LogP contribution in [0, 0.1) is 0 Å². The van der Waals surface area contributed by atoms with Gasteiger partial charge in [0.05, 0.1) is 12.0 Å². The molecule has 0 aromatic carbocycles. The fourth-order valence-electron chi connectivity index (χ4n) is 1.80. The maximum Gasteiger partial charge on any atom is 0.328 e. The summed E-state index contributed by atoms with van der Waals surface area (Å²) in [6, 6.07) is 1.54. The third kappa shape index (κ3) is 2.98. The number of nitrogens with one attached hydrogen (secondary N) is 1. The number of aromatic nitrogens is 2. The van der Waals surface area contributed by atoms with Gasteiger partial charge in [-0.05, 0) is 26.3 Å². The number of hydrogen-bond acceptors (Lipinski definition) is 7. The number of aryl methyl sites for hydroxylation is 1. The van der Waals surface area contributed by atoms with E-state index in [1.54, 1.807) is 25.2 Å². The van der Waals surface area contributed by atoms with Crippen LogP contribution < -0.4 is 11.1 Å². The fraction of sp³-hybridized carbons (Fsp3) is 0.462. The van der Waals surface area contributed by atoms with E-state index in [2.05, 4.69) is 22.2 Å². The number of thiophene rings is 1. The van der Waals surface area contributed by atoms with Crippen LogP contribution in [0.1, 0.15) is 25.6 Å². The number of nitrogen functional groups attached to an aromatic ring is 1. The number of hydrogen-bond donors (Lipinski definition) is 2. The Bertz CT molecular complexity index is 626. The Morgan fingerprint density at radius 2 is 2.25 bits per heavy atom. The van der Waals surface area contributed by atoms with Crippen molar-refractivity contribution in [2.75, 3.05) is 17.7 Å². The van der Waals surface area contributed by atoms with E-state index >= 15 is 0 Å². The van der Waals surface area contributed by atoms with E-state index in [1.165, 1.54) is 4.88 Å². The van der Waals surface area contributed by atoms with Crippen molar-refractivity contribution < 1.29 is 9.53 Å². The molecule has 1 unspecified atom stereocenters. The minimum Gasteiger partial charge on any atom is -0.464 e. The van der Waals surface area contributed by atoms with Gasteiger partial charge in [-0.25, -0.2) is 9.78 Å². The highest BCUT2D eigenvalue weighted by Crippen LogP contribution is 2.30. The average Bonchev–Trinajstić information content (AvgIpc) is 2.81. The molecule has 2 aromatic rings. The molecule has 3 N–H and O–H groups in total. The Hall–Kier alpha value is -1.89. The summed E-state index contributed by atoms with van der Waals surface area (Å²) in [6.07, 6.45) is 0.924. The Kier molecular flexibility index (Phi) is 4.39. The number of anilines is 2. The van der Waals surface area contributed by atoms with Crippen molar-refractivity contribution in [1.29, 1.82) is 0 Å². The molecule has 6 nitrogen and oxygen atoms in total. The van der Waals surface area contributed by atoms with E-state index in [9.17, 15) is 4.79 Å². The summed E-state index contributed by atoms with van der Waals surface area (Å²) in [6.45, 7) is 5.94. The van der Waals surface area contributed by atoms with Crippen LogP contribution in [0.2, 0.25) is 0 Å². The van der Waals surface area contributed by atoms with Crippen LogP contribution in [-0.2, 0) is 16.0 Å². The lowest BCUT2D eigenvalue weighted by Gasteiger charge is -2.13. The molecule has 108 valence electrons. The monoisotopic (exact) mass is 294 g/mol. The lowest BCUT2D eigenvalue weighted by molar-refractivity contribution is -0.143. The molecule has 2 heterocycles. The van der Waals surface area contributed by atoms with Crippen LogP contribution in [0.5, 0.6) is 0 Å². The van der Waals surface area contributed by atoms with E-state index in [-0.39, 0.29) is 11.9 Å². The van der Waals surface area contributed by atoms with Gasteiger partial charge >= 0.3 is 5.97 Å². The van der Waals surface area contributed by atoms with Crippen LogP contribution in [-0.4, -0.2) is 28.6 Å². The molecule has 0 bridgehead atoms. The van der Waals surface area contributed by atoms with Crippen LogP contribution in [0.25, 0.3) is 10.2 Å². The quantitative estimate of drug-likeness (QED) is 0.822. The molecule has 0 radical (unpaired) electrons. The molecular formula is C13H18N4O2S. The molecule has 0 aliphatic carbocycles. The van der Waals surface area contributed by atoms with E-state index < -0.39 is 6.04 Å². The summed E-state index contributed by atoms with van der Waals surface area (Å²) in [7, 11) is 0. The Morgan fingerprint density at radius 3 is 2.90 bits per heavy atom. The first-order valence-electron chi connectivity index (χ1n) is 6.54. The maximum absolute atomic E-state index is 11.7. The number of nitrogens with two attached hydrogens (primary N) is 1. The highest BCUT2D eigenvalue weighted by molar-refractivity contribution is 7.18. The van der Waals surface area contributed by atoms with Crippen LogP contribution >= 0.6 is 11.3 Å². The second-order valence-corrected chi connectivity index (χ2v) is 5.45. The SMILES string of the molecule is CCOC(=O)C(C)Nc1nc(N)nc2sc(CC)cc12. The number of carbonyl (C=O) groups excluding carboxylic acids is 1. The first-order valence-corrected chi connectivity index (χ1v) is 7.35. The van der Waals surface area contributed by atoms with Crippen molar-refractivity contribution in [2.24, 2.45) is 0 Å². The summed E-state index contributed by atoms with van der Waals surface area (Å²) in [5.41, 5.74) is 5.71. The Morgan fingerprint density at radius 1 is 1.50 bits per heavy atom. The van der Waals surface area contributed by atoms with Crippen LogP contribution in [0.15, 0.2) is 6.07 Å². The largest absolute Gasteiger partial charge is 0.464 e. The number of carbonyl (C=O) groups is 1. The predicted octanol–water partition coefficient (Wildman–Crippen LogP) is 2.20. The first-order chi connectivity index (χ1) is 9.55. The third-order valence-corrected chi connectivity index (χ3v) is 3.98. The summed E-state index contributed by atoms with van der Waals surface area (Å²) >= 11 is 1.58. The molecule has 2 rings (SSSR count). The molecule has 0 saturated carbocycles. The number of nitrogens with zero attached hydrogens (tertiary/aromatic N) is 2. The van der Waals surface area contributed by atoms with Gasteiger partial charge in [-0.2, -0.15) is 4.98 Å². The molecule has 20 heavy (non-hydrogen) atoms. The van der Waals surface area contributed by atoms with Crippen molar-refractivity contribution >= 4 is 39.3 Å². The number of ether oxygens (including phenoxy) is 1. The molecule has 0 aliphatic rings. The van der Waals surface area contributed by atoms with Crippen molar-refractivity contribution in [2.45, 2.75) is 33.2 Å². The second-order valence-electron chi connectivity index (χ2n) is 4.33. The molecule has 2 aromatic heterocycles. The van der Waals surface area contributed by atoms with E-state index in [1.807, 2.05) is 6.07 Å². The normalized spacial score (nSPS) is 12.3. The molecule has 0 amide bonds. The average molecular weight is 294 g/mol. The van der Waals surface area contributed by atoms with Gasteiger partial charge in [-0.3, -0.25) is 0 Å². The standard InChI is InChI=1S/C13H18N4O2S/c1-4-8-6-9-10(15-7(3)12(18)19-5-2)16-13(14)17-11(9)20-8/h6-7H,4-5H2,1-3H3,(H3,14,15,16,17). The summed E-state index contributed by atoms with van der Waals surface area (Å²) in [4.78, 5) is 22.1. The minimum absolute atomic E-state index is 0.195. The Labute approximate surface area is 121 Å².